The number of halogens is 2. The van der Waals surface area contributed by atoms with Crippen LogP contribution in [0.3, 0.4) is 0 Å². The van der Waals surface area contributed by atoms with Gasteiger partial charge in [-0.1, -0.05) is 35.3 Å². The van der Waals surface area contributed by atoms with Gasteiger partial charge in [-0.25, -0.2) is 0 Å². The first-order valence-electron chi connectivity index (χ1n) is 9.95. The number of rotatable bonds is 8. The molecular weight excluding hydrogens is 463 g/mol. The lowest BCUT2D eigenvalue weighted by atomic mass is 10.1. The summed E-state index contributed by atoms with van der Waals surface area (Å²) in [6.07, 6.45) is 1.41. The van der Waals surface area contributed by atoms with Crippen molar-refractivity contribution in [3.8, 4) is 23.3 Å². The first kappa shape index (κ1) is 24.0. The summed E-state index contributed by atoms with van der Waals surface area (Å²) in [5, 5.41) is 22.3. The van der Waals surface area contributed by atoms with Gasteiger partial charge in [-0.15, -0.1) is 0 Å². The van der Waals surface area contributed by atoms with Crippen LogP contribution in [-0.4, -0.2) is 17.6 Å². The van der Waals surface area contributed by atoms with Crippen LogP contribution in [0.5, 0.6) is 17.2 Å². The Kier molecular flexibility index (Phi) is 8.20. The van der Waals surface area contributed by atoms with E-state index in [0.29, 0.717) is 34.4 Å². The number of phenolic OH excluding ortho intramolecular Hbond substituents is 1. The van der Waals surface area contributed by atoms with E-state index in [1.165, 1.54) is 30.3 Å². The summed E-state index contributed by atoms with van der Waals surface area (Å²) in [6, 6.07) is 18.3. The Bertz CT molecular complexity index is 1220. The second-order valence-electron chi connectivity index (χ2n) is 6.85. The number of carbonyl (C=O) groups excluding carboxylic acids is 1. The lowest BCUT2D eigenvalue weighted by Crippen LogP contribution is -2.13. The molecule has 0 saturated carbocycles. The fraction of sp³-hybridized carbons (Fsp3) is 0.120. The van der Waals surface area contributed by atoms with Crippen molar-refractivity contribution in [3.63, 3.8) is 0 Å². The number of hydrogen-bond donors (Lipinski definition) is 2. The molecule has 0 atom stereocenters. The van der Waals surface area contributed by atoms with Crippen LogP contribution in [0.4, 0.5) is 5.69 Å². The predicted molar refractivity (Wildman–Crippen MR) is 129 cm³/mol. The van der Waals surface area contributed by atoms with Gasteiger partial charge in [0, 0.05) is 10.7 Å². The van der Waals surface area contributed by atoms with Crippen molar-refractivity contribution in [2.45, 2.75) is 13.5 Å². The van der Waals surface area contributed by atoms with Gasteiger partial charge in [0.25, 0.3) is 5.91 Å². The third kappa shape index (κ3) is 6.66. The van der Waals surface area contributed by atoms with Crippen LogP contribution in [0.15, 0.2) is 66.2 Å². The van der Waals surface area contributed by atoms with Crippen molar-refractivity contribution in [1.29, 1.82) is 5.26 Å². The number of nitrogens with zero attached hydrogens (tertiary/aromatic N) is 1. The Balaban J connectivity index is 1.84. The van der Waals surface area contributed by atoms with Crippen LogP contribution in [0, 0.1) is 11.3 Å². The molecule has 0 aliphatic carbocycles. The average Bonchev–Trinajstić information content (AvgIpc) is 2.78. The Morgan fingerprint density at radius 1 is 1.12 bits per heavy atom. The van der Waals surface area contributed by atoms with E-state index < -0.39 is 5.91 Å². The lowest BCUT2D eigenvalue weighted by molar-refractivity contribution is -0.112. The van der Waals surface area contributed by atoms with E-state index in [9.17, 15) is 15.2 Å². The van der Waals surface area contributed by atoms with Gasteiger partial charge < -0.3 is 19.9 Å². The van der Waals surface area contributed by atoms with Crippen molar-refractivity contribution in [1.82, 2.24) is 0 Å². The number of anilines is 1. The van der Waals surface area contributed by atoms with Crippen LogP contribution in [0.2, 0.25) is 10.0 Å². The molecule has 3 aromatic rings. The molecule has 1 amide bonds. The first-order chi connectivity index (χ1) is 15.9. The van der Waals surface area contributed by atoms with Gasteiger partial charge in [-0.3, -0.25) is 4.79 Å². The van der Waals surface area contributed by atoms with Crippen molar-refractivity contribution >= 4 is 40.9 Å². The minimum atomic E-state index is -0.599. The van der Waals surface area contributed by atoms with Crippen molar-refractivity contribution in [2.75, 3.05) is 11.9 Å². The second kappa shape index (κ2) is 11.3. The number of ether oxygens (including phenoxy) is 2. The van der Waals surface area contributed by atoms with Gasteiger partial charge in [0.05, 0.1) is 11.6 Å². The van der Waals surface area contributed by atoms with Gasteiger partial charge in [-0.05, 0) is 72.7 Å². The summed E-state index contributed by atoms with van der Waals surface area (Å²) in [5.74, 6) is 0.204. The van der Waals surface area contributed by atoms with E-state index in [1.54, 1.807) is 24.3 Å². The Morgan fingerprint density at radius 3 is 2.55 bits per heavy atom. The predicted octanol–water partition coefficient (Wildman–Crippen LogP) is 6.22. The van der Waals surface area contributed by atoms with Crippen LogP contribution in [0.1, 0.15) is 18.1 Å². The number of nitrogens with one attached hydrogen (secondary N) is 1. The summed E-state index contributed by atoms with van der Waals surface area (Å²) in [5.41, 5.74) is 1.67. The topological polar surface area (TPSA) is 91.6 Å². The highest BCUT2D eigenvalue weighted by Gasteiger charge is 2.15. The van der Waals surface area contributed by atoms with Crippen molar-refractivity contribution in [3.05, 3.63) is 87.4 Å². The molecule has 3 rings (SSSR count). The van der Waals surface area contributed by atoms with Crippen LogP contribution in [-0.2, 0) is 11.4 Å². The normalized spacial score (nSPS) is 10.9. The van der Waals surface area contributed by atoms with Crippen LogP contribution < -0.4 is 14.8 Å². The summed E-state index contributed by atoms with van der Waals surface area (Å²) < 4.78 is 11.6. The number of carbonyl (C=O) groups is 1. The largest absolute Gasteiger partial charge is 0.508 e. The van der Waals surface area contributed by atoms with E-state index in [-0.39, 0.29) is 23.0 Å². The minimum absolute atomic E-state index is 0.0693. The highest BCUT2D eigenvalue weighted by molar-refractivity contribution is 6.32. The maximum absolute atomic E-state index is 12.5. The molecule has 0 spiro atoms. The maximum Gasteiger partial charge on any atom is 0.266 e. The lowest BCUT2D eigenvalue weighted by Gasteiger charge is -2.15. The zero-order valence-corrected chi connectivity index (χ0v) is 19.2. The second-order valence-corrected chi connectivity index (χ2v) is 7.70. The number of aromatic hydroxyl groups is 1. The average molecular weight is 483 g/mol. The number of nitriles is 1. The van der Waals surface area contributed by atoms with Crippen LogP contribution in [0.25, 0.3) is 6.08 Å². The number of phenols is 1. The molecule has 0 bridgehead atoms. The summed E-state index contributed by atoms with van der Waals surface area (Å²) >= 11 is 12.5. The van der Waals surface area contributed by atoms with Gasteiger partial charge >= 0.3 is 0 Å². The third-order valence-electron chi connectivity index (χ3n) is 4.41. The summed E-state index contributed by atoms with van der Waals surface area (Å²) in [6.45, 7) is 2.42. The molecule has 0 unspecified atom stereocenters. The number of amides is 1. The molecule has 168 valence electrons. The van der Waals surface area contributed by atoms with E-state index >= 15 is 0 Å². The quantitative estimate of drug-likeness (QED) is 0.225. The molecule has 8 heteroatoms. The molecule has 0 aliphatic rings. The van der Waals surface area contributed by atoms with Gasteiger partial charge in [0.15, 0.2) is 11.5 Å². The number of benzene rings is 3. The molecular formula is C25H20Cl2N2O4. The minimum Gasteiger partial charge on any atom is -0.508 e. The van der Waals surface area contributed by atoms with Gasteiger partial charge in [0.1, 0.15) is 24.0 Å². The van der Waals surface area contributed by atoms with E-state index in [0.717, 1.165) is 5.56 Å². The third-order valence-corrected chi connectivity index (χ3v) is 4.92. The Labute approximate surface area is 201 Å². The SMILES string of the molecule is CCOc1cc(/C=C(\C#N)C(=O)Nc2ccc(O)cc2)cc(Cl)c1OCc1cccc(Cl)c1. The smallest absolute Gasteiger partial charge is 0.266 e. The first-order valence-corrected chi connectivity index (χ1v) is 10.7. The molecule has 33 heavy (non-hydrogen) atoms. The van der Waals surface area contributed by atoms with E-state index in [2.05, 4.69) is 5.32 Å². The molecule has 3 aromatic carbocycles. The Hall–Kier alpha value is -3.66. The molecule has 0 fully saturated rings. The highest BCUT2D eigenvalue weighted by Crippen LogP contribution is 2.38. The van der Waals surface area contributed by atoms with Crippen molar-refractivity contribution in [2.24, 2.45) is 0 Å². The van der Waals surface area contributed by atoms with E-state index in [1.807, 2.05) is 25.1 Å². The van der Waals surface area contributed by atoms with Gasteiger partial charge in [-0.2, -0.15) is 5.26 Å². The molecule has 0 radical (unpaired) electrons. The van der Waals surface area contributed by atoms with Crippen molar-refractivity contribution < 1.29 is 19.4 Å². The Morgan fingerprint density at radius 2 is 1.88 bits per heavy atom. The zero-order valence-electron chi connectivity index (χ0n) is 17.6. The molecule has 0 saturated heterocycles. The molecule has 2 N–H and O–H groups in total. The van der Waals surface area contributed by atoms with Gasteiger partial charge in [0.2, 0.25) is 0 Å². The number of hydrogen-bond acceptors (Lipinski definition) is 5. The highest BCUT2D eigenvalue weighted by atomic mass is 35.5. The molecule has 0 aliphatic heterocycles. The van der Waals surface area contributed by atoms with Crippen LogP contribution >= 0.6 is 23.2 Å². The molecule has 0 heterocycles. The molecule has 0 aromatic heterocycles. The molecule has 6 nitrogen and oxygen atoms in total. The monoisotopic (exact) mass is 482 g/mol. The fourth-order valence-corrected chi connectivity index (χ4v) is 3.40. The summed E-state index contributed by atoms with van der Waals surface area (Å²) in [4.78, 5) is 12.5. The fourth-order valence-electron chi connectivity index (χ4n) is 2.91. The summed E-state index contributed by atoms with van der Waals surface area (Å²) in [7, 11) is 0. The van der Waals surface area contributed by atoms with E-state index in [4.69, 9.17) is 32.7 Å². The maximum atomic E-state index is 12.5. The zero-order chi connectivity index (χ0) is 23.8. The standard InChI is InChI=1S/C25H20Cl2N2O4/c1-2-32-23-13-17(10-18(14-28)25(31)29-20-6-8-21(30)9-7-20)12-22(27)24(23)33-15-16-4-3-5-19(26)11-16/h3-13,30H,2,15H2,1H3,(H,29,31)/b18-10+.